The van der Waals surface area contributed by atoms with Crippen molar-refractivity contribution in [2.45, 2.75) is 6.04 Å². The zero-order valence-electron chi connectivity index (χ0n) is 17.1. The Morgan fingerprint density at radius 3 is 2.13 bits per heavy atom. The Hall–Kier alpha value is -3.93. The van der Waals surface area contributed by atoms with E-state index in [4.69, 9.17) is 24.2 Å². The van der Waals surface area contributed by atoms with Crippen molar-refractivity contribution in [2.75, 3.05) is 40.4 Å². The van der Waals surface area contributed by atoms with Gasteiger partial charge >= 0.3 is 11.9 Å². The molecular formula is C21H22N2O7. The number of benzene rings is 2. The maximum atomic E-state index is 12.6. The molecule has 0 aliphatic heterocycles. The van der Waals surface area contributed by atoms with Crippen molar-refractivity contribution in [3.63, 3.8) is 0 Å². The van der Waals surface area contributed by atoms with Crippen LogP contribution in [0.5, 0.6) is 17.2 Å². The standard InChI is InChI=1S/C21H22N2O7/c1-26-17-9-15(16(10-18(17)27-2)30-12-19(24)28-3)20(21(25)29-4)23-14-7-5-13(11-22)6-8-14/h5-10,20,23H,12H2,1-4H3. The summed E-state index contributed by atoms with van der Waals surface area (Å²) in [7, 11) is 5.41. The Kier molecular flexibility index (Phi) is 7.88. The second-order valence-corrected chi connectivity index (χ2v) is 5.90. The van der Waals surface area contributed by atoms with Gasteiger partial charge in [0, 0.05) is 17.3 Å². The minimum Gasteiger partial charge on any atom is -0.493 e. The summed E-state index contributed by atoms with van der Waals surface area (Å²) in [6, 6.07) is 10.6. The molecule has 0 heterocycles. The highest BCUT2D eigenvalue weighted by atomic mass is 16.6. The van der Waals surface area contributed by atoms with Crippen molar-refractivity contribution in [2.24, 2.45) is 0 Å². The van der Waals surface area contributed by atoms with Gasteiger partial charge in [-0.2, -0.15) is 5.26 Å². The van der Waals surface area contributed by atoms with Gasteiger partial charge in [0.05, 0.1) is 40.1 Å². The molecule has 9 nitrogen and oxygen atoms in total. The lowest BCUT2D eigenvalue weighted by atomic mass is 10.0. The molecule has 0 spiro atoms. The number of hydrogen-bond donors (Lipinski definition) is 1. The van der Waals surface area contributed by atoms with Crippen LogP contribution < -0.4 is 19.5 Å². The van der Waals surface area contributed by atoms with E-state index in [1.165, 1.54) is 34.5 Å². The smallest absolute Gasteiger partial charge is 0.343 e. The van der Waals surface area contributed by atoms with E-state index in [1.807, 2.05) is 6.07 Å². The number of nitrogens with one attached hydrogen (secondary N) is 1. The van der Waals surface area contributed by atoms with Crippen LogP contribution in [0.2, 0.25) is 0 Å². The molecule has 2 rings (SSSR count). The number of rotatable bonds is 9. The quantitative estimate of drug-likeness (QED) is 0.618. The van der Waals surface area contributed by atoms with E-state index in [0.717, 1.165) is 0 Å². The van der Waals surface area contributed by atoms with Gasteiger partial charge in [0.2, 0.25) is 0 Å². The number of nitriles is 1. The van der Waals surface area contributed by atoms with Gasteiger partial charge in [-0.1, -0.05) is 0 Å². The Morgan fingerprint density at radius 2 is 1.60 bits per heavy atom. The van der Waals surface area contributed by atoms with Crippen molar-refractivity contribution in [3.05, 3.63) is 47.5 Å². The summed E-state index contributed by atoms with van der Waals surface area (Å²) in [6.45, 7) is -0.371. The largest absolute Gasteiger partial charge is 0.493 e. The minimum atomic E-state index is -1.00. The molecule has 0 saturated heterocycles. The summed E-state index contributed by atoms with van der Waals surface area (Å²) in [4.78, 5) is 24.1. The lowest BCUT2D eigenvalue weighted by Crippen LogP contribution is -2.24. The van der Waals surface area contributed by atoms with E-state index >= 15 is 0 Å². The van der Waals surface area contributed by atoms with Crippen LogP contribution in [0.3, 0.4) is 0 Å². The van der Waals surface area contributed by atoms with Gasteiger partial charge in [0.25, 0.3) is 0 Å². The van der Waals surface area contributed by atoms with Gasteiger partial charge in [-0.3, -0.25) is 0 Å². The number of anilines is 1. The molecule has 0 amide bonds. The molecule has 158 valence electrons. The van der Waals surface area contributed by atoms with Crippen LogP contribution in [0.1, 0.15) is 17.2 Å². The molecular weight excluding hydrogens is 392 g/mol. The molecule has 0 saturated carbocycles. The van der Waals surface area contributed by atoms with E-state index < -0.39 is 18.0 Å². The van der Waals surface area contributed by atoms with Crippen molar-refractivity contribution >= 4 is 17.6 Å². The number of methoxy groups -OCH3 is 4. The van der Waals surface area contributed by atoms with Crippen LogP contribution >= 0.6 is 0 Å². The maximum absolute atomic E-state index is 12.6. The topological polar surface area (TPSA) is 116 Å². The van der Waals surface area contributed by atoms with Crippen molar-refractivity contribution in [1.82, 2.24) is 0 Å². The summed E-state index contributed by atoms with van der Waals surface area (Å²) >= 11 is 0. The third-order valence-electron chi connectivity index (χ3n) is 4.16. The first-order chi connectivity index (χ1) is 14.5. The normalized spacial score (nSPS) is 10.9. The van der Waals surface area contributed by atoms with Crippen molar-refractivity contribution in [3.8, 4) is 23.3 Å². The molecule has 0 aromatic heterocycles. The van der Waals surface area contributed by atoms with Crippen LogP contribution in [0.15, 0.2) is 36.4 Å². The second-order valence-electron chi connectivity index (χ2n) is 5.90. The molecule has 0 aliphatic rings. The molecule has 1 N–H and O–H groups in total. The maximum Gasteiger partial charge on any atom is 0.343 e. The Balaban J connectivity index is 2.51. The Labute approximate surface area is 174 Å². The highest BCUT2D eigenvalue weighted by molar-refractivity contribution is 5.83. The molecule has 9 heteroatoms. The lowest BCUT2D eigenvalue weighted by Gasteiger charge is -2.22. The summed E-state index contributed by atoms with van der Waals surface area (Å²) in [5.41, 5.74) is 1.40. The summed E-state index contributed by atoms with van der Waals surface area (Å²) in [5, 5.41) is 12.0. The number of esters is 2. The van der Waals surface area contributed by atoms with E-state index in [-0.39, 0.29) is 12.4 Å². The molecule has 2 aromatic rings. The van der Waals surface area contributed by atoms with E-state index in [9.17, 15) is 9.59 Å². The van der Waals surface area contributed by atoms with Gasteiger partial charge in [-0.25, -0.2) is 9.59 Å². The number of carbonyl (C=O) groups is 2. The monoisotopic (exact) mass is 414 g/mol. The zero-order chi connectivity index (χ0) is 22.1. The molecule has 1 atom stereocenters. The zero-order valence-corrected chi connectivity index (χ0v) is 17.1. The lowest BCUT2D eigenvalue weighted by molar-refractivity contribution is -0.143. The van der Waals surface area contributed by atoms with Gasteiger partial charge in [-0.15, -0.1) is 0 Å². The summed E-state index contributed by atoms with van der Waals surface area (Å²) in [6.07, 6.45) is 0. The van der Waals surface area contributed by atoms with E-state index in [2.05, 4.69) is 10.1 Å². The van der Waals surface area contributed by atoms with Gasteiger partial charge in [0.1, 0.15) is 5.75 Å². The Morgan fingerprint density at radius 1 is 0.967 bits per heavy atom. The van der Waals surface area contributed by atoms with Gasteiger partial charge in [0.15, 0.2) is 24.1 Å². The summed E-state index contributed by atoms with van der Waals surface area (Å²) in [5.74, 6) is -0.286. The third-order valence-corrected chi connectivity index (χ3v) is 4.16. The molecule has 30 heavy (non-hydrogen) atoms. The van der Waals surface area contributed by atoms with Crippen molar-refractivity contribution in [1.29, 1.82) is 5.26 Å². The van der Waals surface area contributed by atoms with Crippen LogP contribution in [-0.4, -0.2) is 47.0 Å². The molecule has 0 radical (unpaired) electrons. The third kappa shape index (κ3) is 5.32. The summed E-state index contributed by atoms with van der Waals surface area (Å²) < 4.78 is 25.8. The average Bonchev–Trinajstić information content (AvgIpc) is 2.80. The first-order valence-electron chi connectivity index (χ1n) is 8.77. The second kappa shape index (κ2) is 10.6. The van der Waals surface area contributed by atoms with E-state index in [1.54, 1.807) is 30.3 Å². The molecule has 1 unspecified atom stereocenters. The molecule has 0 aliphatic carbocycles. The van der Waals surface area contributed by atoms with Crippen LogP contribution in [-0.2, 0) is 19.1 Å². The van der Waals surface area contributed by atoms with Crippen LogP contribution in [0.25, 0.3) is 0 Å². The fourth-order valence-corrected chi connectivity index (χ4v) is 2.61. The van der Waals surface area contributed by atoms with Gasteiger partial charge in [-0.05, 0) is 30.3 Å². The van der Waals surface area contributed by atoms with E-state index in [0.29, 0.717) is 28.3 Å². The Bertz CT molecular complexity index is 936. The number of hydrogen-bond acceptors (Lipinski definition) is 9. The number of ether oxygens (including phenoxy) is 5. The fraction of sp³-hybridized carbons (Fsp3) is 0.286. The van der Waals surface area contributed by atoms with Crippen LogP contribution in [0.4, 0.5) is 5.69 Å². The predicted molar refractivity (Wildman–Crippen MR) is 107 cm³/mol. The van der Waals surface area contributed by atoms with Crippen LogP contribution in [0, 0.1) is 11.3 Å². The fourth-order valence-electron chi connectivity index (χ4n) is 2.61. The number of nitrogens with zero attached hydrogens (tertiary/aromatic N) is 1. The first kappa shape index (κ1) is 22.4. The molecule has 2 aromatic carbocycles. The highest BCUT2D eigenvalue weighted by Gasteiger charge is 2.28. The molecule has 0 bridgehead atoms. The predicted octanol–water partition coefficient (Wildman–Crippen LogP) is 2.45. The first-order valence-corrected chi connectivity index (χ1v) is 8.77. The minimum absolute atomic E-state index is 0.203. The average molecular weight is 414 g/mol. The highest BCUT2D eigenvalue weighted by Crippen LogP contribution is 2.39. The molecule has 0 fully saturated rings. The SMILES string of the molecule is COC(=O)COc1cc(OC)c(OC)cc1C(Nc1ccc(C#N)cc1)C(=O)OC. The van der Waals surface area contributed by atoms with Crippen molar-refractivity contribution < 1.29 is 33.3 Å². The van der Waals surface area contributed by atoms with Gasteiger partial charge < -0.3 is 29.0 Å². The number of carbonyl (C=O) groups excluding carboxylic acids is 2.